The maximum Gasteiger partial charge on any atom is 0.258 e. The van der Waals surface area contributed by atoms with Crippen molar-refractivity contribution in [2.45, 2.75) is 43.4 Å². The number of rotatable bonds is 2. The first-order valence-corrected chi connectivity index (χ1v) is 9.97. The normalized spacial score (nSPS) is 23.1. The molecule has 1 saturated carbocycles. The summed E-state index contributed by atoms with van der Waals surface area (Å²) in [4.78, 5) is 15.2. The molecule has 1 unspecified atom stereocenters. The summed E-state index contributed by atoms with van der Waals surface area (Å²) in [5.74, 6) is 0.176. The molecule has 0 N–H and O–H groups in total. The van der Waals surface area contributed by atoms with E-state index >= 15 is 0 Å². The lowest BCUT2D eigenvalue weighted by Crippen LogP contribution is -2.35. The quantitative estimate of drug-likeness (QED) is 0.765. The van der Waals surface area contributed by atoms with Gasteiger partial charge in [-0.2, -0.15) is 0 Å². The Balaban J connectivity index is 1.51. The third-order valence-corrected chi connectivity index (χ3v) is 6.61. The molecule has 27 heavy (non-hydrogen) atoms. The maximum atomic E-state index is 14.7. The van der Waals surface area contributed by atoms with Crippen LogP contribution in [0.1, 0.15) is 59.5 Å². The van der Waals surface area contributed by atoms with Gasteiger partial charge in [-0.05, 0) is 49.1 Å². The van der Waals surface area contributed by atoms with Crippen LogP contribution in [0.5, 0.6) is 0 Å². The number of carbonyl (C=O) groups excluding carboxylic acids is 1. The summed E-state index contributed by atoms with van der Waals surface area (Å²) >= 11 is 0. The Kier molecular flexibility index (Phi) is 4.05. The molecule has 2 aliphatic heterocycles. The van der Waals surface area contributed by atoms with Crippen LogP contribution >= 0.6 is 0 Å². The topological polar surface area (TPSA) is 29.5 Å². The van der Waals surface area contributed by atoms with E-state index in [1.807, 2.05) is 29.2 Å². The SMILES string of the molecule is O=C(c1cccc(C2CCOC2)c1)N1CC2(CCCC2)c2c(F)cccc21. The Morgan fingerprint density at radius 1 is 1.15 bits per heavy atom. The average Bonchev–Trinajstić information content (AvgIpc) is 3.43. The van der Waals surface area contributed by atoms with Crippen molar-refractivity contribution < 1.29 is 13.9 Å². The van der Waals surface area contributed by atoms with Crippen LogP contribution in [0.3, 0.4) is 0 Å². The smallest absolute Gasteiger partial charge is 0.258 e. The summed E-state index contributed by atoms with van der Waals surface area (Å²) in [6.45, 7) is 2.10. The van der Waals surface area contributed by atoms with Gasteiger partial charge in [0.25, 0.3) is 5.91 Å². The fraction of sp³-hybridized carbons (Fsp3) is 0.435. The van der Waals surface area contributed by atoms with Crippen molar-refractivity contribution in [2.75, 3.05) is 24.7 Å². The fourth-order valence-electron chi connectivity index (χ4n) is 5.25. The zero-order valence-electron chi connectivity index (χ0n) is 15.4. The monoisotopic (exact) mass is 365 g/mol. The lowest BCUT2D eigenvalue weighted by atomic mass is 9.80. The van der Waals surface area contributed by atoms with E-state index in [0.29, 0.717) is 18.0 Å². The van der Waals surface area contributed by atoms with Crippen LogP contribution in [0, 0.1) is 5.82 Å². The van der Waals surface area contributed by atoms with E-state index in [1.165, 1.54) is 6.07 Å². The molecule has 0 bridgehead atoms. The highest BCUT2D eigenvalue weighted by Crippen LogP contribution is 2.51. The first-order chi connectivity index (χ1) is 13.2. The summed E-state index contributed by atoms with van der Waals surface area (Å²) in [6.07, 6.45) is 5.13. The van der Waals surface area contributed by atoms with Crippen molar-refractivity contribution in [3.05, 3.63) is 65.0 Å². The minimum atomic E-state index is -0.201. The first-order valence-electron chi connectivity index (χ1n) is 9.97. The van der Waals surface area contributed by atoms with Crippen molar-refractivity contribution in [1.82, 2.24) is 0 Å². The van der Waals surface area contributed by atoms with E-state index in [-0.39, 0.29) is 17.1 Å². The molecule has 1 atom stereocenters. The largest absolute Gasteiger partial charge is 0.381 e. The minimum Gasteiger partial charge on any atom is -0.381 e. The summed E-state index contributed by atoms with van der Waals surface area (Å²) < 4.78 is 20.2. The number of anilines is 1. The van der Waals surface area contributed by atoms with E-state index in [9.17, 15) is 9.18 Å². The lowest BCUT2D eigenvalue weighted by molar-refractivity contribution is 0.0984. The maximum absolute atomic E-state index is 14.7. The van der Waals surface area contributed by atoms with E-state index in [0.717, 1.165) is 62.1 Å². The van der Waals surface area contributed by atoms with Crippen molar-refractivity contribution in [3.8, 4) is 0 Å². The third kappa shape index (κ3) is 2.69. The molecule has 1 aliphatic carbocycles. The molecule has 1 amide bonds. The zero-order valence-corrected chi connectivity index (χ0v) is 15.4. The Bertz CT molecular complexity index is 882. The minimum absolute atomic E-state index is 0.0219. The Morgan fingerprint density at radius 3 is 2.74 bits per heavy atom. The highest BCUT2D eigenvalue weighted by Gasteiger charge is 2.48. The number of hydrogen-bond acceptors (Lipinski definition) is 2. The summed E-state index contributed by atoms with van der Waals surface area (Å²) in [5, 5.41) is 0. The van der Waals surface area contributed by atoms with Gasteiger partial charge in [0, 0.05) is 35.6 Å². The van der Waals surface area contributed by atoms with Crippen molar-refractivity contribution >= 4 is 11.6 Å². The molecule has 3 aliphatic rings. The molecule has 0 radical (unpaired) electrons. The lowest BCUT2D eigenvalue weighted by Gasteiger charge is -2.25. The fourth-order valence-corrected chi connectivity index (χ4v) is 5.25. The van der Waals surface area contributed by atoms with Crippen LogP contribution in [0.15, 0.2) is 42.5 Å². The number of amides is 1. The van der Waals surface area contributed by atoms with Gasteiger partial charge < -0.3 is 9.64 Å². The van der Waals surface area contributed by atoms with E-state index < -0.39 is 0 Å². The van der Waals surface area contributed by atoms with Crippen LogP contribution in [-0.2, 0) is 10.2 Å². The molecular weight excluding hydrogens is 341 g/mol. The number of carbonyl (C=O) groups is 1. The number of fused-ring (bicyclic) bond motifs is 2. The van der Waals surface area contributed by atoms with Gasteiger partial charge in [-0.3, -0.25) is 4.79 Å². The average molecular weight is 365 g/mol. The molecule has 2 aromatic rings. The summed E-state index contributed by atoms with van der Waals surface area (Å²) in [5.41, 5.74) is 3.16. The van der Waals surface area contributed by atoms with Gasteiger partial charge in [0.15, 0.2) is 0 Å². The highest BCUT2D eigenvalue weighted by atomic mass is 19.1. The molecule has 2 heterocycles. The number of halogens is 1. The van der Waals surface area contributed by atoms with Gasteiger partial charge in [-0.1, -0.05) is 31.0 Å². The molecule has 3 nitrogen and oxygen atoms in total. The number of nitrogens with zero attached hydrogens (tertiary/aromatic N) is 1. The van der Waals surface area contributed by atoms with Gasteiger partial charge in [0.2, 0.25) is 0 Å². The van der Waals surface area contributed by atoms with Gasteiger partial charge in [0.05, 0.1) is 12.3 Å². The predicted octanol–water partition coefficient (Wildman–Crippen LogP) is 4.80. The van der Waals surface area contributed by atoms with E-state index in [4.69, 9.17) is 4.74 Å². The van der Waals surface area contributed by atoms with Crippen molar-refractivity contribution in [1.29, 1.82) is 0 Å². The molecular formula is C23H24FNO2. The van der Waals surface area contributed by atoms with E-state index in [1.54, 1.807) is 6.07 Å². The number of benzene rings is 2. The third-order valence-electron chi connectivity index (χ3n) is 6.61. The standard InChI is InChI=1S/C23H24FNO2/c24-19-7-4-8-20-21(19)23(10-1-2-11-23)15-25(20)22(26)17-6-3-5-16(13-17)18-9-12-27-14-18/h3-8,13,18H,1-2,9-12,14-15H2. The summed E-state index contributed by atoms with van der Waals surface area (Å²) in [7, 11) is 0. The molecule has 2 aromatic carbocycles. The van der Waals surface area contributed by atoms with Crippen molar-refractivity contribution in [2.24, 2.45) is 0 Å². The van der Waals surface area contributed by atoms with Crippen LogP contribution in [0.25, 0.3) is 0 Å². The van der Waals surface area contributed by atoms with Crippen LogP contribution in [0.4, 0.5) is 10.1 Å². The molecule has 0 aromatic heterocycles. The van der Waals surface area contributed by atoms with Crippen molar-refractivity contribution in [3.63, 3.8) is 0 Å². The van der Waals surface area contributed by atoms with Gasteiger partial charge >= 0.3 is 0 Å². The molecule has 1 saturated heterocycles. The van der Waals surface area contributed by atoms with Crippen LogP contribution < -0.4 is 4.90 Å². The predicted molar refractivity (Wildman–Crippen MR) is 103 cm³/mol. The highest BCUT2D eigenvalue weighted by molar-refractivity contribution is 6.08. The Hall–Kier alpha value is -2.20. The molecule has 1 spiro atoms. The molecule has 2 fully saturated rings. The van der Waals surface area contributed by atoms with E-state index in [2.05, 4.69) is 6.07 Å². The van der Waals surface area contributed by atoms with Gasteiger partial charge in [0.1, 0.15) is 5.82 Å². The van der Waals surface area contributed by atoms with Crippen LogP contribution in [-0.4, -0.2) is 25.7 Å². The van der Waals surface area contributed by atoms with Crippen LogP contribution in [0.2, 0.25) is 0 Å². The zero-order chi connectivity index (χ0) is 18.4. The number of ether oxygens (including phenoxy) is 1. The first kappa shape index (κ1) is 16.9. The Labute approximate surface area is 159 Å². The van der Waals surface area contributed by atoms with Gasteiger partial charge in [-0.25, -0.2) is 4.39 Å². The molecule has 140 valence electrons. The molecule has 5 rings (SSSR count). The van der Waals surface area contributed by atoms with Gasteiger partial charge in [-0.15, -0.1) is 0 Å². The molecule has 4 heteroatoms. The number of hydrogen-bond donors (Lipinski definition) is 0. The second kappa shape index (κ2) is 6.45. The second-order valence-corrected chi connectivity index (χ2v) is 8.20. The summed E-state index contributed by atoms with van der Waals surface area (Å²) in [6, 6.07) is 13.1. The second-order valence-electron chi connectivity index (χ2n) is 8.20. The Morgan fingerprint density at radius 2 is 1.96 bits per heavy atom.